The quantitative estimate of drug-likeness (QED) is 0.271. The van der Waals surface area contributed by atoms with Gasteiger partial charge < -0.3 is 30.3 Å². The average Bonchev–Trinajstić information content (AvgIpc) is 2.76. The van der Waals surface area contributed by atoms with Gasteiger partial charge in [0, 0.05) is 29.7 Å². The summed E-state index contributed by atoms with van der Waals surface area (Å²) in [5.41, 5.74) is -0.0872. The molecule has 3 aromatic rings. The molecular formula is C27H24O7. The Balaban J connectivity index is 1.88. The second kappa shape index (κ2) is 8.51. The van der Waals surface area contributed by atoms with Crippen molar-refractivity contribution < 1.29 is 35.1 Å². The molecule has 0 saturated carbocycles. The van der Waals surface area contributed by atoms with E-state index in [4.69, 9.17) is 4.74 Å². The first-order chi connectivity index (χ1) is 16.1. The number of ether oxygens (including phenoxy) is 1. The van der Waals surface area contributed by atoms with Crippen LogP contribution in [-0.2, 0) is 6.42 Å². The van der Waals surface area contributed by atoms with Crippen molar-refractivity contribution in [3.05, 3.63) is 82.4 Å². The maximum absolute atomic E-state index is 13.3. The smallest absolute Gasteiger partial charge is 0.193 e. The summed E-state index contributed by atoms with van der Waals surface area (Å²) >= 11 is 0. The van der Waals surface area contributed by atoms with Crippen molar-refractivity contribution in [3.63, 3.8) is 0 Å². The molecule has 0 radical (unpaired) electrons. The molecule has 0 atom stereocenters. The summed E-state index contributed by atoms with van der Waals surface area (Å²) in [5.74, 6) is -2.61. The van der Waals surface area contributed by atoms with E-state index in [1.54, 1.807) is 32.1 Å². The van der Waals surface area contributed by atoms with Crippen molar-refractivity contribution in [2.45, 2.75) is 25.9 Å². The van der Waals surface area contributed by atoms with Crippen LogP contribution in [0.3, 0.4) is 0 Å². The van der Waals surface area contributed by atoms with Crippen LogP contribution >= 0.6 is 0 Å². The van der Waals surface area contributed by atoms with Crippen molar-refractivity contribution in [3.8, 4) is 34.5 Å². The van der Waals surface area contributed by atoms with Crippen LogP contribution in [0.5, 0.6) is 34.5 Å². The Morgan fingerprint density at radius 1 is 0.941 bits per heavy atom. The van der Waals surface area contributed by atoms with E-state index in [1.165, 1.54) is 6.08 Å². The van der Waals surface area contributed by atoms with Crippen LogP contribution in [0, 0.1) is 0 Å². The lowest BCUT2D eigenvalue weighted by Crippen LogP contribution is -2.28. The summed E-state index contributed by atoms with van der Waals surface area (Å²) < 4.78 is 5.96. The van der Waals surface area contributed by atoms with Gasteiger partial charge in [-0.3, -0.25) is 4.79 Å². The number of phenolic OH excluding ortho intramolecular Hbond substituents is 5. The number of hydrogen-bond donors (Lipinski definition) is 5. The van der Waals surface area contributed by atoms with Crippen LogP contribution in [0.25, 0.3) is 12.2 Å². The molecule has 0 amide bonds. The van der Waals surface area contributed by atoms with Gasteiger partial charge in [0.05, 0.1) is 5.56 Å². The van der Waals surface area contributed by atoms with Gasteiger partial charge in [-0.2, -0.15) is 0 Å². The molecule has 0 aliphatic carbocycles. The summed E-state index contributed by atoms with van der Waals surface area (Å²) in [6.07, 6.45) is 5.89. The molecule has 0 bridgehead atoms. The number of phenols is 5. The van der Waals surface area contributed by atoms with Crippen molar-refractivity contribution in [2.75, 3.05) is 0 Å². The zero-order valence-corrected chi connectivity index (χ0v) is 18.6. The summed E-state index contributed by atoms with van der Waals surface area (Å²) in [6, 6.07) is 11.2. The number of rotatable bonds is 5. The molecule has 5 N–H and O–H groups in total. The van der Waals surface area contributed by atoms with Gasteiger partial charge in [0.25, 0.3) is 0 Å². The Kier molecular flexibility index (Phi) is 5.71. The number of hydrogen-bond acceptors (Lipinski definition) is 7. The minimum atomic E-state index is -0.793. The van der Waals surface area contributed by atoms with Gasteiger partial charge in [0.2, 0.25) is 0 Å². The fourth-order valence-electron chi connectivity index (χ4n) is 3.82. The molecule has 0 spiro atoms. The van der Waals surface area contributed by atoms with E-state index in [0.717, 1.165) is 17.7 Å². The Bertz CT molecular complexity index is 1310. The molecule has 0 unspecified atom stereocenters. The SMILES string of the molecule is CC1(C)C=Cc2c(O)c(Cc3c(O)cc(O)cc3O)c(O)c(C(=O)/C=C/c3ccccc3)c2O1. The Hall–Kier alpha value is -4.39. The second-order valence-corrected chi connectivity index (χ2v) is 8.58. The van der Waals surface area contributed by atoms with Gasteiger partial charge in [0.15, 0.2) is 5.78 Å². The third-order valence-electron chi connectivity index (χ3n) is 5.57. The molecular weight excluding hydrogens is 436 g/mol. The molecule has 0 saturated heterocycles. The summed E-state index contributed by atoms with van der Waals surface area (Å²) in [5, 5.41) is 52.1. The molecule has 174 valence electrons. The highest BCUT2D eigenvalue weighted by molar-refractivity contribution is 6.12. The topological polar surface area (TPSA) is 127 Å². The number of fused-ring (bicyclic) bond motifs is 1. The standard InChI is InChI=1S/C27H24O7/c1-27(2)11-10-17-24(32)19(14-18-21(30)12-16(28)13-22(18)31)25(33)23(26(17)34-27)20(29)9-8-15-6-4-3-5-7-15/h3-13,28,30-33H,14H2,1-2H3/b9-8+. The number of carbonyl (C=O) groups excluding carboxylic acids is 1. The van der Waals surface area contributed by atoms with Crippen LogP contribution in [0.4, 0.5) is 0 Å². The van der Waals surface area contributed by atoms with E-state index in [2.05, 4.69) is 0 Å². The number of allylic oxidation sites excluding steroid dienone is 1. The van der Waals surface area contributed by atoms with Crippen molar-refractivity contribution >= 4 is 17.9 Å². The lowest BCUT2D eigenvalue weighted by molar-refractivity contribution is 0.103. The normalized spacial score (nSPS) is 14.1. The largest absolute Gasteiger partial charge is 0.508 e. The lowest BCUT2D eigenvalue weighted by Gasteiger charge is -2.30. The predicted molar refractivity (Wildman–Crippen MR) is 128 cm³/mol. The van der Waals surface area contributed by atoms with Gasteiger partial charge in [0.1, 0.15) is 45.7 Å². The first-order valence-corrected chi connectivity index (χ1v) is 10.6. The first kappa shape index (κ1) is 22.8. The Labute approximate surface area is 196 Å². The fraction of sp³-hybridized carbons (Fsp3) is 0.148. The third-order valence-corrected chi connectivity index (χ3v) is 5.57. The van der Waals surface area contributed by atoms with Crippen LogP contribution in [-0.4, -0.2) is 36.9 Å². The van der Waals surface area contributed by atoms with Crippen LogP contribution in [0.2, 0.25) is 0 Å². The monoisotopic (exact) mass is 460 g/mol. The molecule has 3 aromatic carbocycles. The van der Waals surface area contributed by atoms with Gasteiger partial charge in [-0.1, -0.05) is 36.4 Å². The van der Waals surface area contributed by atoms with Gasteiger partial charge in [-0.15, -0.1) is 0 Å². The summed E-state index contributed by atoms with van der Waals surface area (Å²) in [6.45, 7) is 3.55. The highest BCUT2D eigenvalue weighted by Crippen LogP contribution is 2.49. The minimum Gasteiger partial charge on any atom is -0.508 e. The maximum atomic E-state index is 13.3. The molecule has 7 nitrogen and oxygen atoms in total. The van der Waals surface area contributed by atoms with Crippen molar-refractivity contribution in [2.24, 2.45) is 0 Å². The molecule has 34 heavy (non-hydrogen) atoms. The molecule has 1 aliphatic rings. The Morgan fingerprint density at radius 2 is 1.59 bits per heavy atom. The van der Waals surface area contributed by atoms with E-state index in [-0.39, 0.29) is 45.9 Å². The molecule has 1 aliphatic heterocycles. The predicted octanol–water partition coefficient (Wildman–Crippen LogP) is 4.89. The Morgan fingerprint density at radius 3 is 2.24 bits per heavy atom. The lowest BCUT2D eigenvalue weighted by atomic mass is 9.90. The van der Waals surface area contributed by atoms with Crippen LogP contribution in [0.15, 0.2) is 54.6 Å². The zero-order chi connectivity index (χ0) is 24.6. The van der Waals surface area contributed by atoms with Gasteiger partial charge in [-0.25, -0.2) is 0 Å². The number of benzene rings is 3. The average molecular weight is 460 g/mol. The third kappa shape index (κ3) is 4.28. The van der Waals surface area contributed by atoms with Gasteiger partial charge in [-0.05, 0) is 37.6 Å². The number of ketones is 1. The van der Waals surface area contributed by atoms with Crippen molar-refractivity contribution in [1.82, 2.24) is 0 Å². The zero-order valence-electron chi connectivity index (χ0n) is 18.6. The summed E-state index contributed by atoms with van der Waals surface area (Å²) in [7, 11) is 0. The molecule has 0 aromatic heterocycles. The first-order valence-electron chi connectivity index (χ1n) is 10.6. The fourth-order valence-corrected chi connectivity index (χ4v) is 3.82. The highest BCUT2D eigenvalue weighted by atomic mass is 16.5. The maximum Gasteiger partial charge on any atom is 0.193 e. The van der Waals surface area contributed by atoms with Crippen molar-refractivity contribution in [1.29, 1.82) is 0 Å². The minimum absolute atomic E-state index is 0.0353. The van der Waals surface area contributed by atoms with E-state index in [0.29, 0.717) is 0 Å². The summed E-state index contributed by atoms with van der Waals surface area (Å²) in [4.78, 5) is 13.3. The van der Waals surface area contributed by atoms with Crippen LogP contribution in [0.1, 0.15) is 46.5 Å². The second-order valence-electron chi connectivity index (χ2n) is 8.58. The van der Waals surface area contributed by atoms with Gasteiger partial charge >= 0.3 is 0 Å². The van der Waals surface area contributed by atoms with E-state index in [1.807, 2.05) is 30.3 Å². The van der Waals surface area contributed by atoms with E-state index < -0.39 is 28.6 Å². The van der Waals surface area contributed by atoms with E-state index >= 15 is 0 Å². The number of carbonyl (C=O) groups is 1. The molecule has 7 heteroatoms. The number of aromatic hydroxyl groups is 5. The molecule has 1 heterocycles. The highest BCUT2D eigenvalue weighted by Gasteiger charge is 2.33. The molecule has 4 rings (SSSR count). The van der Waals surface area contributed by atoms with E-state index in [9.17, 15) is 30.3 Å². The molecule has 0 fully saturated rings. The van der Waals surface area contributed by atoms with Crippen LogP contribution < -0.4 is 4.74 Å².